The van der Waals surface area contributed by atoms with Crippen molar-refractivity contribution in [2.75, 3.05) is 25.1 Å². The Labute approximate surface area is 213 Å². The number of ether oxygens (including phenoxy) is 1. The molecule has 2 heterocycles. The van der Waals surface area contributed by atoms with Gasteiger partial charge in [0.05, 0.1) is 37.0 Å². The van der Waals surface area contributed by atoms with Gasteiger partial charge in [-0.2, -0.15) is 5.26 Å². The first-order valence-electron chi connectivity index (χ1n) is 12.8. The number of aliphatic imine (C=N–C) groups is 1. The number of hydrogen-bond donors (Lipinski definition) is 4. The Hall–Kier alpha value is -2.73. The lowest BCUT2D eigenvalue weighted by atomic mass is 9.74. The summed E-state index contributed by atoms with van der Waals surface area (Å²) in [4.78, 5) is 17.1. The summed E-state index contributed by atoms with van der Waals surface area (Å²) in [6.07, 6.45) is 6.46. The zero-order chi connectivity index (χ0) is 26.1. The van der Waals surface area contributed by atoms with Crippen LogP contribution in [0.1, 0.15) is 76.8 Å². The average Bonchev–Trinajstić information content (AvgIpc) is 3.34. The number of allylic oxidation sites excluding steroid dienone is 2. The first kappa shape index (κ1) is 26.3. The number of hydrogen-bond acceptors (Lipinski definition) is 7. The fourth-order valence-corrected chi connectivity index (χ4v) is 5.56. The molecule has 1 aromatic carbocycles. The number of rotatable bonds is 6. The van der Waals surface area contributed by atoms with Crippen LogP contribution in [0.4, 0.5) is 5.69 Å². The predicted molar refractivity (Wildman–Crippen MR) is 140 cm³/mol. The van der Waals surface area contributed by atoms with Crippen LogP contribution in [0.15, 0.2) is 29.3 Å². The third kappa shape index (κ3) is 5.64. The number of nitrogens with zero attached hydrogens (tertiary/aromatic N) is 2. The van der Waals surface area contributed by atoms with Crippen molar-refractivity contribution in [2.45, 2.75) is 83.0 Å². The molecular formula is C28H38N4O4. The van der Waals surface area contributed by atoms with Crippen LogP contribution in [-0.4, -0.2) is 59.0 Å². The Morgan fingerprint density at radius 3 is 2.47 bits per heavy atom. The highest BCUT2D eigenvalue weighted by atomic mass is 16.5. The Kier molecular flexibility index (Phi) is 7.29. The molecule has 0 bridgehead atoms. The molecule has 2 aliphatic heterocycles. The monoisotopic (exact) mass is 494 g/mol. The first-order valence-corrected chi connectivity index (χ1v) is 12.8. The van der Waals surface area contributed by atoms with Crippen LogP contribution in [0.25, 0.3) is 5.57 Å². The van der Waals surface area contributed by atoms with Gasteiger partial charge in [-0.3, -0.25) is 9.79 Å². The first-order chi connectivity index (χ1) is 17.0. The standard InChI is InChI=1S/C28H38N4O4/c1-26(2)9-7-18(8-10-26)22-11-19(20-12-27(3,16-33)36-28(4,13-20)17-34)5-6-23(22)32-25(35)24-30-15-21(14-29)31-24/h5-7,11,20-21,33-34H,8-10,12-13,15-17H2,1-4H3,(H,30,31)(H,32,35)/t20?,21?,27-,28+. The van der Waals surface area contributed by atoms with E-state index in [2.05, 4.69) is 47.7 Å². The number of amidine groups is 1. The highest BCUT2D eigenvalue weighted by Gasteiger charge is 2.44. The lowest BCUT2D eigenvalue weighted by molar-refractivity contribution is -0.208. The minimum atomic E-state index is -0.745. The fourth-order valence-electron chi connectivity index (χ4n) is 5.56. The highest BCUT2D eigenvalue weighted by molar-refractivity contribution is 6.42. The van der Waals surface area contributed by atoms with Gasteiger partial charge in [0.15, 0.2) is 5.84 Å². The van der Waals surface area contributed by atoms with Gasteiger partial charge in [0, 0.05) is 11.3 Å². The SMILES string of the molecule is CC1(C)CC=C(c2cc(C3C[C@](C)(CO)O[C@](C)(CO)C3)ccc2NC(=O)C2=NCC(C#N)N2)CC1. The highest BCUT2D eigenvalue weighted by Crippen LogP contribution is 2.46. The van der Waals surface area contributed by atoms with Crippen molar-refractivity contribution < 1.29 is 19.7 Å². The maximum Gasteiger partial charge on any atom is 0.290 e. The van der Waals surface area contributed by atoms with Crippen LogP contribution in [0.3, 0.4) is 0 Å². The van der Waals surface area contributed by atoms with E-state index < -0.39 is 17.2 Å². The average molecular weight is 495 g/mol. The van der Waals surface area contributed by atoms with Crippen molar-refractivity contribution in [1.29, 1.82) is 5.26 Å². The minimum Gasteiger partial charge on any atom is -0.393 e. The van der Waals surface area contributed by atoms with Crippen LogP contribution in [0, 0.1) is 16.7 Å². The molecule has 36 heavy (non-hydrogen) atoms. The maximum absolute atomic E-state index is 12.9. The molecule has 1 amide bonds. The molecule has 1 fully saturated rings. The van der Waals surface area contributed by atoms with Crippen LogP contribution in [0.2, 0.25) is 0 Å². The van der Waals surface area contributed by atoms with Gasteiger partial charge < -0.3 is 25.6 Å². The summed E-state index contributed by atoms with van der Waals surface area (Å²) in [5.74, 6) is -0.100. The molecule has 0 saturated carbocycles. The van der Waals surface area contributed by atoms with E-state index in [0.717, 1.165) is 30.4 Å². The van der Waals surface area contributed by atoms with Crippen molar-refractivity contribution in [3.8, 4) is 6.07 Å². The number of nitriles is 1. The van der Waals surface area contributed by atoms with E-state index in [-0.39, 0.29) is 42.8 Å². The van der Waals surface area contributed by atoms with Gasteiger partial charge in [0.25, 0.3) is 5.91 Å². The van der Waals surface area contributed by atoms with E-state index in [4.69, 9.17) is 10.00 Å². The van der Waals surface area contributed by atoms with E-state index in [0.29, 0.717) is 18.5 Å². The third-order valence-corrected chi connectivity index (χ3v) is 7.71. The maximum atomic E-state index is 12.9. The zero-order valence-electron chi connectivity index (χ0n) is 21.7. The molecule has 1 aromatic rings. The van der Waals surface area contributed by atoms with Gasteiger partial charge in [-0.15, -0.1) is 0 Å². The summed E-state index contributed by atoms with van der Waals surface area (Å²) in [6.45, 7) is 8.32. The van der Waals surface area contributed by atoms with Crippen LogP contribution in [0.5, 0.6) is 0 Å². The topological polar surface area (TPSA) is 127 Å². The number of carbonyl (C=O) groups excluding carboxylic acids is 1. The van der Waals surface area contributed by atoms with Gasteiger partial charge in [0.2, 0.25) is 0 Å². The molecule has 0 aromatic heterocycles. The molecule has 4 N–H and O–H groups in total. The van der Waals surface area contributed by atoms with Crippen LogP contribution < -0.4 is 10.6 Å². The van der Waals surface area contributed by atoms with Crippen molar-refractivity contribution in [3.63, 3.8) is 0 Å². The van der Waals surface area contributed by atoms with E-state index in [1.807, 2.05) is 26.0 Å². The van der Waals surface area contributed by atoms with Gasteiger partial charge in [0.1, 0.15) is 6.04 Å². The van der Waals surface area contributed by atoms with Crippen molar-refractivity contribution in [1.82, 2.24) is 5.32 Å². The molecule has 4 rings (SSSR count). The second-order valence-corrected chi connectivity index (χ2v) is 11.8. The number of carbonyl (C=O) groups is 1. The normalized spacial score (nSPS) is 31.6. The number of aliphatic hydroxyl groups is 2. The summed E-state index contributed by atoms with van der Waals surface area (Å²) in [6, 6.07) is 7.70. The molecule has 4 atom stereocenters. The minimum absolute atomic E-state index is 0.0782. The Bertz CT molecular complexity index is 1100. The number of anilines is 1. The van der Waals surface area contributed by atoms with Gasteiger partial charge >= 0.3 is 0 Å². The van der Waals surface area contributed by atoms with Crippen molar-refractivity contribution in [2.24, 2.45) is 10.4 Å². The predicted octanol–water partition coefficient (Wildman–Crippen LogP) is 3.51. The molecule has 8 heteroatoms. The molecule has 3 aliphatic rings. The summed E-state index contributed by atoms with van der Waals surface area (Å²) >= 11 is 0. The number of aliphatic hydroxyl groups excluding tert-OH is 2. The van der Waals surface area contributed by atoms with E-state index in [1.165, 1.54) is 5.57 Å². The lowest BCUT2D eigenvalue weighted by Crippen LogP contribution is -2.51. The number of benzene rings is 1. The zero-order valence-corrected chi connectivity index (χ0v) is 21.7. The van der Waals surface area contributed by atoms with Gasteiger partial charge in [-0.1, -0.05) is 26.0 Å². The number of amides is 1. The van der Waals surface area contributed by atoms with E-state index in [9.17, 15) is 15.0 Å². The van der Waals surface area contributed by atoms with Gasteiger partial charge in [-0.25, -0.2) is 0 Å². The molecule has 8 nitrogen and oxygen atoms in total. The molecule has 0 spiro atoms. The Morgan fingerprint density at radius 2 is 1.92 bits per heavy atom. The third-order valence-electron chi connectivity index (χ3n) is 7.71. The lowest BCUT2D eigenvalue weighted by Gasteiger charge is -2.47. The van der Waals surface area contributed by atoms with Crippen LogP contribution in [-0.2, 0) is 9.53 Å². The fraction of sp³-hybridized carbons (Fsp3) is 0.607. The Balaban J connectivity index is 1.67. The molecule has 2 unspecified atom stereocenters. The van der Waals surface area contributed by atoms with Crippen molar-refractivity contribution >= 4 is 23.0 Å². The molecule has 1 saturated heterocycles. The number of nitrogens with one attached hydrogen (secondary N) is 2. The smallest absolute Gasteiger partial charge is 0.290 e. The second kappa shape index (κ2) is 9.97. The van der Waals surface area contributed by atoms with Crippen LogP contribution >= 0.6 is 0 Å². The molecular weight excluding hydrogens is 456 g/mol. The van der Waals surface area contributed by atoms with Crippen molar-refractivity contribution in [3.05, 3.63) is 35.4 Å². The summed E-state index contributed by atoms with van der Waals surface area (Å²) in [7, 11) is 0. The molecule has 0 radical (unpaired) electrons. The van der Waals surface area contributed by atoms with E-state index in [1.54, 1.807) is 0 Å². The Morgan fingerprint density at radius 1 is 1.22 bits per heavy atom. The van der Waals surface area contributed by atoms with E-state index >= 15 is 0 Å². The summed E-state index contributed by atoms with van der Waals surface area (Å²) in [5, 5.41) is 35.1. The largest absolute Gasteiger partial charge is 0.393 e. The second-order valence-electron chi connectivity index (χ2n) is 11.8. The summed E-state index contributed by atoms with van der Waals surface area (Å²) in [5.41, 5.74) is 2.74. The summed E-state index contributed by atoms with van der Waals surface area (Å²) < 4.78 is 6.12. The quantitative estimate of drug-likeness (QED) is 0.479. The van der Waals surface area contributed by atoms with Gasteiger partial charge in [-0.05, 0) is 80.6 Å². The molecule has 1 aliphatic carbocycles. The molecule has 194 valence electrons.